The maximum absolute atomic E-state index is 15.7. The minimum atomic E-state index is -1.49. The summed E-state index contributed by atoms with van der Waals surface area (Å²) < 4.78 is 35.5. The summed E-state index contributed by atoms with van der Waals surface area (Å²) in [5.41, 5.74) is 4.82. The molecule has 7 heteroatoms. The lowest BCUT2D eigenvalue weighted by Crippen LogP contribution is -2.27. The van der Waals surface area contributed by atoms with Gasteiger partial charge in [0.05, 0.1) is 47.3 Å². The zero-order valence-corrected chi connectivity index (χ0v) is 22.2. The van der Waals surface area contributed by atoms with E-state index in [0.717, 1.165) is 38.9 Å². The molecule has 6 rings (SSSR count). The van der Waals surface area contributed by atoms with Crippen LogP contribution in [0.1, 0.15) is 50.9 Å². The number of aromatic nitrogens is 4. The number of nitrogens with zero attached hydrogens (tertiary/aromatic N) is 4. The molecular formula is C31H33FN4O2. The predicted octanol–water partition coefficient (Wildman–Crippen LogP) is 6.28. The number of ether oxygens (including phenoxy) is 1. The fourth-order valence-corrected chi connectivity index (χ4v) is 5.77. The monoisotopic (exact) mass is 513 g/mol. The van der Waals surface area contributed by atoms with E-state index in [2.05, 4.69) is 4.98 Å². The summed E-state index contributed by atoms with van der Waals surface area (Å²) in [6.45, 7) is 6.48. The van der Waals surface area contributed by atoms with Crippen molar-refractivity contribution < 1.29 is 15.6 Å². The quantitative estimate of drug-likeness (QED) is 0.300. The van der Waals surface area contributed by atoms with Gasteiger partial charge in [0.15, 0.2) is 0 Å². The van der Waals surface area contributed by atoms with Gasteiger partial charge in [0.1, 0.15) is 5.82 Å². The highest BCUT2D eigenvalue weighted by atomic mass is 19.1. The first kappa shape index (κ1) is 23.6. The van der Waals surface area contributed by atoms with Crippen molar-refractivity contribution in [2.24, 2.45) is 13.0 Å². The lowest BCUT2D eigenvalue weighted by Gasteiger charge is -2.33. The van der Waals surface area contributed by atoms with Crippen LogP contribution in [0.5, 0.6) is 0 Å². The first-order chi connectivity index (χ1) is 18.6. The van der Waals surface area contributed by atoms with Crippen LogP contribution in [0, 0.1) is 18.7 Å². The van der Waals surface area contributed by atoms with Crippen LogP contribution in [0.2, 0.25) is 0 Å². The molecule has 0 amide bonds. The van der Waals surface area contributed by atoms with Crippen molar-refractivity contribution in [3.63, 3.8) is 0 Å². The summed E-state index contributed by atoms with van der Waals surface area (Å²) in [5, 5.41) is 11.8. The number of fused-ring (bicyclic) bond motifs is 3. The SMILES string of the molecule is [2H][C@](c1ccccc1F)(C1CCOCC1)n1c2cc(C(C)(C)O)ccc2c2ncc(-c3c(C)ncn3C)cc21. The van der Waals surface area contributed by atoms with E-state index in [4.69, 9.17) is 9.72 Å². The lowest BCUT2D eigenvalue weighted by atomic mass is 9.86. The Morgan fingerprint density at radius 3 is 2.55 bits per heavy atom. The first-order valence-corrected chi connectivity index (χ1v) is 13.1. The van der Waals surface area contributed by atoms with Crippen LogP contribution >= 0.6 is 0 Å². The molecule has 1 atom stereocenters. The molecule has 4 heterocycles. The Kier molecular flexibility index (Phi) is 5.78. The molecule has 3 aromatic heterocycles. The molecule has 5 aromatic rings. The van der Waals surface area contributed by atoms with Gasteiger partial charge in [-0.1, -0.05) is 30.3 Å². The zero-order valence-electron chi connectivity index (χ0n) is 23.2. The number of hydrogen-bond donors (Lipinski definition) is 1. The zero-order chi connectivity index (χ0) is 27.5. The number of pyridine rings is 1. The molecule has 0 bridgehead atoms. The number of benzene rings is 2. The third-order valence-electron chi connectivity index (χ3n) is 7.70. The molecule has 0 spiro atoms. The van der Waals surface area contributed by atoms with Gasteiger partial charge in [0, 0.05) is 43.0 Å². The van der Waals surface area contributed by atoms with E-state index in [9.17, 15) is 6.48 Å². The van der Waals surface area contributed by atoms with E-state index >= 15 is 4.39 Å². The van der Waals surface area contributed by atoms with Gasteiger partial charge in [-0.05, 0) is 63.3 Å². The Balaban J connectivity index is 1.76. The molecule has 0 aliphatic carbocycles. The number of hydrogen-bond acceptors (Lipinski definition) is 4. The number of aryl methyl sites for hydroxylation is 2. The van der Waals surface area contributed by atoms with Crippen LogP contribution in [0.15, 0.2) is 61.1 Å². The van der Waals surface area contributed by atoms with Gasteiger partial charge in [-0.2, -0.15) is 0 Å². The summed E-state index contributed by atoms with van der Waals surface area (Å²) in [7, 11) is 1.95. The maximum Gasteiger partial charge on any atom is 0.128 e. The van der Waals surface area contributed by atoms with Crippen molar-refractivity contribution in [3.8, 4) is 11.3 Å². The molecule has 1 saturated heterocycles. The van der Waals surface area contributed by atoms with Gasteiger partial charge < -0.3 is 19.0 Å². The second-order valence-electron chi connectivity index (χ2n) is 10.8. The highest BCUT2D eigenvalue weighted by Crippen LogP contribution is 2.42. The molecule has 1 aliphatic heterocycles. The smallest absolute Gasteiger partial charge is 0.128 e. The van der Waals surface area contributed by atoms with Gasteiger partial charge in [0.25, 0.3) is 0 Å². The summed E-state index contributed by atoms with van der Waals surface area (Å²) in [6.07, 6.45) is 4.86. The van der Waals surface area contributed by atoms with E-state index in [1.54, 1.807) is 38.4 Å². The molecule has 0 saturated carbocycles. The Morgan fingerprint density at radius 1 is 1.11 bits per heavy atom. The van der Waals surface area contributed by atoms with Gasteiger partial charge in [-0.3, -0.25) is 4.98 Å². The molecule has 1 aliphatic rings. The number of halogens is 1. The predicted molar refractivity (Wildman–Crippen MR) is 148 cm³/mol. The van der Waals surface area contributed by atoms with Crippen molar-refractivity contribution in [2.75, 3.05) is 13.2 Å². The molecule has 1 fully saturated rings. The second kappa shape index (κ2) is 9.33. The van der Waals surface area contributed by atoms with Crippen LogP contribution in [-0.4, -0.2) is 37.4 Å². The molecule has 0 unspecified atom stereocenters. The largest absolute Gasteiger partial charge is 0.386 e. The standard InChI is InChI=1S/C31H33FN4O2/c1-19-29(35(4)18-34-19)21-15-27-28(33-17-21)24-10-9-22(31(2,3)37)16-26(24)36(27)30(20-11-13-38-14-12-20)23-7-5-6-8-25(23)32/h5-10,15-18,20,30,37H,11-14H2,1-4H3/t30-/m1/s1/i30D. The Labute approximate surface area is 223 Å². The number of rotatable bonds is 5. The van der Waals surface area contributed by atoms with E-state index in [1.165, 1.54) is 6.07 Å². The summed E-state index contributed by atoms with van der Waals surface area (Å²) >= 11 is 0. The first-order valence-electron chi connectivity index (χ1n) is 13.6. The van der Waals surface area contributed by atoms with Crippen LogP contribution in [0.4, 0.5) is 4.39 Å². The van der Waals surface area contributed by atoms with Gasteiger partial charge in [-0.25, -0.2) is 9.37 Å². The maximum atomic E-state index is 15.7. The highest BCUT2D eigenvalue weighted by molar-refractivity contribution is 6.07. The fraction of sp³-hybridized carbons (Fsp3) is 0.355. The average Bonchev–Trinajstić information content (AvgIpc) is 3.43. The fourth-order valence-electron chi connectivity index (χ4n) is 5.77. The molecule has 2 aromatic carbocycles. The van der Waals surface area contributed by atoms with E-state index in [1.807, 2.05) is 53.6 Å². The Morgan fingerprint density at radius 2 is 1.87 bits per heavy atom. The van der Waals surface area contributed by atoms with Crippen LogP contribution < -0.4 is 0 Å². The van der Waals surface area contributed by atoms with Crippen LogP contribution in [0.25, 0.3) is 33.2 Å². The van der Waals surface area contributed by atoms with Crippen molar-refractivity contribution in [3.05, 3.63) is 83.7 Å². The second-order valence-corrected chi connectivity index (χ2v) is 10.8. The molecular weight excluding hydrogens is 479 g/mol. The number of aliphatic hydroxyl groups is 1. The highest BCUT2D eigenvalue weighted by Gasteiger charge is 2.32. The van der Waals surface area contributed by atoms with Gasteiger partial charge in [-0.15, -0.1) is 0 Å². The average molecular weight is 514 g/mol. The van der Waals surface area contributed by atoms with Crippen molar-refractivity contribution in [1.82, 2.24) is 19.1 Å². The minimum absolute atomic E-state index is 0.213. The molecule has 1 N–H and O–H groups in total. The lowest BCUT2D eigenvalue weighted by molar-refractivity contribution is 0.0548. The van der Waals surface area contributed by atoms with Crippen molar-refractivity contribution >= 4 is 21.9 Å². The third-order valence-corrected chi connectivity index (χ3v) is 7.70. The van der Waals surface area contributed by atoms with Crippen molar-refractivity contribution in [2.45, 2.75) is 45.2 Å². The Bertz CT molecular complexity index is 1680. The molecule has 38 heavy (non-hydrogen) atoms. The van der Waals surface area contributed by atoms with Gasteiger partial charge >= 0.3 is 0 Å². The third kappa shape index (κ3) is 4.10. The summed E-state index contributed by atoms with van der Waals surface area (Å²) in [4.78, 5) is 9.37. The summed E-state index contributed by atoms with van der Waals surface area (Å²) in [5.74, 6) is -0.630. The minimum Gasteiger partial charge on any atom is -0.386 e. The topological polar surface area (TPSA) is 65.1 Å². The van der Waals surface area contributed by atoms with E-state index < -0.39 is 17.4 Å². The van der Waals surface area contributed by atoms with Crippen LogP contribution in [0.3, 0.4) is 0 Å². The Hall–Kier alpha value is -3.55. The van der Waals surface area contributed by atoms with Gasteiger partial charge in [0.2, 0.25) is 0 Å². The van der Waals surface area contributed by atoms with E-state index in [0.29, 0.717) is 37.2 Å². The van der Waals surface area contributed by atoms with Crippen molar-refractivity contribution in [1.29, 1.82) is 0 Å². The normalized spacial score (nSPS) is 17.2. The van der Waals surface area contributed by atoms with Crippen LogP contribution in [-0.2, 0) is 17.4 Å². The molecule has 0 radical (unpaired) electrons. The van der Waals surface area contributed by atoms with E-state index in [-0.39, 0.29) is 5.92 Å². The summed E-state index contributed by atoms with van der Waals surface area (Å²) in [6, 6.07) is 12.9. The number of imidazole rings is 1. The molecule has 6 nitrogen and oxygen atoms in total. The molecule has 196 valence electrons.